The summed E-state index contributed by atoms with van der Waals surface area (Å²) in [6.07, 6.45) is 4.79. The van der Waals surface area contributed by atoms with Crippen LogP contribution in [0.2, 0.25) is 0 Å². The van der Waals surface area contributed by atoms with Crippen molar-refractivity contribution < 1.29 is 8.42 Å². The molecule has 0 amide bonds. The van der Waals surface area contributed by atoms with E-state index in [-0.39, 0.29) is 11.3 Å². The highest BCUT2D eigenvalue weighted by molar-refractivity contribution is 7.90. The standard InChI is InChI=1S/C11H22N2O2S/c1-8(7-12-2)16(14,15)13-11(9-3-4-9)10-5-6-10/h8-13H,3-7H2,1-2H3. The van der Waals surface area contributed by atoms with Crippen LogP contribution in [0.1, 0.15) is 32.6 Å². The molecule has 0 aromatic rings. The van der Waals surface area contributed by atoms with Crippen LogP contribution in [0.4, 0.5) is 0 Å². The maximum absolute atomic E-state index is 12.0. The number of nitrogens with one attached hydrogen (secondary N) is 2. The van der Waals surface area contributed by atoms with Crippen molar-refractivity contribution in [3.63, 3.8) is 0 Å². The van der Waals surface area contributed by atoms with Gasteiger partial charge in [-0.2, -0.15) is 0 Å². The van der Waals surface area contributed by atoms with E-state index in [0.29, 0.717) is 18.4 Å². The van der Waals surface area contributed by atoms with Crippen molar-refractivity contribution in [3.05, 3.63) is 0 Å². The zero-order valence-electron chi connectivity index (χ0n) is 10.1. The van der Waals surface area contributed by atoms with E-state index in [0.717, 1.165) is 0 Å². The van der Waals surface area contributed by atoms with Gasteiger partial charge in [-0.3, -0.25) is 0 Å². The Morgan fingerprint density at radius 3 is 2.06 bits per heavy atom. The Kier molecular flexibility index (Phi) is 3.56. The normalized spacial score (nSPS) is 23.7. The van der Waals surface area contributed by atoms with Crippen molar-refractivity contribution in [1.29, 1.82) is 0 Å². The average Bonchev–Trinajstić information content (AvgIpc) is 3.06. The molecule has 16 heavy (non-hydrogen) atoms. The molecule has 0 radical (unpaired) electrons. The topological polar surface area (TPSA) is 58.2 Å². The summed E-state index contributed by atoms with van der Waals surface area (Å²) in [7, 11) is -1.36. The lowest BCUT2D eigenvalue weighted by Gasteiger charge is -2.21. The molecule has 0 aliphatic heterocycles. The molecule has 2 aliphatic rings. The molecule has 2 rings (SSSR count). The van der Waals surface area contributed by atoms with Gasteiger partial charge in [0.2, 0.25) is 10.0 Å². The maximum Gasteiger partial charge on any atom is 0.215 e. The molecule has 94 valence electrons. The maximum atomic E-state index is 12.0. The Labute approximate surface area is 98.2 Å². The predicted octanol–water partition coefficient (Wildman–Crippen LogP) is 0.702. The minimum atomic E-state index is -3.14. The lowest BCUT2D eigenvalue weighted by molar-refractivity contribution is 0.466. The van der Waals surface area contributed by atoms with E-state index in [4.69, 9.17) is 0 Å². The lowest BCUT2D eigenvalue weighted by atomic mass is 10.1. The first-order valence-corrected chi connectivity index (χ1v) is 7.75. The van der Waals surface area contributed by atoms with Gasteiger partial charge in [0.1, 0.15) is 0 Å². The Morgan fingerprint density at radius 1 is 1.19 bits per heavy atom. The van der Waals surface area contributed by atoms with E-state index in [9.17, 15) is 8.42 Å². The van der Waals surface area contributed by atoms with Crippen LogP contribution >= 0.6 is 0 Å². The first-order valence-electron chi connectivity index (χ1n) is 6.20. The molecule has 0 heterocycles. The highest BCUT2D eigenvalue weighted by Crippen LogP contribution is 2.44. The number of hydrogen-bond acceptors (Lipinski definition) is 3. The fraction of sp³-hybridized carbons (Fsp3) is 1.00. The van der Waals surface area contributed by atoms with Crippen LogP contribution in [0.5, 0.6) is 0 Å². The fourth-order valence-electron chi connectivity index (χ4n) is 2.19. The van der Waals surface area contributed by atoms with Gasteiger partial charge in [-0.1, -0.05) is 0 Å². The molecule has 1 atom stereocenters. The third-order valence-corrected chi connectivity index (χ3v) is 5.41. The minimum absolute atomic E-state index is 0.226. The van der Waals surface area contributed by atoms with Crippen molar-refractivity contribution in [2.45, 2.75) is 43.9 Å². The second-order valence-corrected chi connectivity index (χ2v) is 7.36. The summed E-state index contributed by atoms with van der Waals surface area (Å²) < 4.78 is 27.0. The van der Waals surface area contributed by atoms with Crippen molar-refractivity contribution >= 4 is 10.0 Å². The van der Waals surface area contributed by atoms with Gasteiger partial charge in [-0.15, -0.1) is 0 Å². The summed E-state index contributed by atoms with van der Waals surface area (Å²) in [4.78, 5) is 0. The van der Waals surface area contributed by atoms with Gasteiger partial charge in [0.05, 0.1) is 5.25 Å². The Bertz CT molecular complexity index is 322. The summed E-state index contributed by atoms with van der Waals surface area (Å²) in [6, 6.07) is 0.226. The van der Waals surface area contributed by atoms with Crippen molar-refractivity contribution in [2.75, 3.05) is 13.6 Å². The lowest BCUT2D eigenvalue weighted by Crippen LogP contribution is -2.45. The highest BCUT2D eigenvalue weighted by Gasteiger charge is 2.43. The number of sulfonamides is 1. The molecule has 2 saturated carbocycles. The van der Waals surface area contributed by atoms with Crippen LogP contribution in [0, 0.1) is 11.8 Å². The third kappa shape index (κ3) is 2.96. The predicted molar refractivity (Wildman–Crippen MR) is 64.7 cm³/mol. The van der Waals surface area contributed by atoms with Crippen LogP contribution in [0.25, 0.3) is 0 Å². The largest absolute Gasteiger partial charge is 0.318 e. The van der Waals surface area contributed by atoms with Gasteiger partial charge >= 0.3 is 0 Å². The van der Waals surface area contributed by atoms with Gasteiger partial charge in [-0.05, 0) is 51.5 Å². The van der Waals surface area contributed by atoms with Crippen molar-refractivity contribution in [2.24, 2.45) is 11.8 Å². The van der Waals surface area contributed by atoms with Crippen LogP contribution in [0.15, 0.2) is 0 Å². The Balaban J connectivity index is 1.95. The molecule has 0 bridgehead atoms. The SMILES string of the molecule is CNCC(C)S(=O)(=O)NC(C1CC1)C1CC1. The number of rotatable bonds is 7. The summed E-state index contributed by atoms with van der Waals surface area (Å²) >= 11 is 0. The number of hydrogen-bond donors (Lipinski definition) is 2. The monoisotopic (exact) mass is 246 g/mol. The van der Waals surface area contributed by atoms with Gasteiger partial charge in [0, 0.05) is 12.6 Å². The molecular weight excluding hydrogens is 224 g/mol. The molecule has 0 aromatic heterocycles. The van der Waals surface area contributed by atoms with Crippen LogP contribution < -0.4 is 10.0 Å². The molecular formula is C11H22N2O2S. The zero-order chi connectivity index (χ0) is 11.8. The summed E-state index contributed by atoms with van der Waals surface area (Å²) in [5.41, 5.74) is 0. The van der Waals surface area contributed by atoms with Crippen molar-refractivity contribution in [3.8, 4) is 0 Å². The Hall–Kier alpha value is -0.130. The molecule has 2 fully saturated rings. The van der Waals surface area contributed by atoms with Gasteiger partial charge < -0.3 is 5.32 Å². The van der Waals surface area contributed by atoms with E-state index in [2.05, 4.69) is 10.0 Å². The van der Waals surface area contributed by atoms with E-state index in [1.165, 1.54) is 25.7 Å². The highest BCUT2D eigenvalue weighted by atomic mass is 32.2. The molecule has 2 N–H and O–H groups in total. The average molecular weight is 246 g/mol. The third-order valence-electron chi connectivity index (χ3n) is 3.58. The van der Waals surface area contributed by atoms with Gasteiger partial charge in [0.25, 0.3) is 0 Å². The van der Waals surface area contributed by atoms with E-state index < -0.39 is 10.0 Å². The van der Waals surface area contributed by atoms with Crippen molar-refractivity contribution in [1.82, 2.24) is 10.0 Å². The summed E-state index contributed by atoms with van der Waals surface area (Å²) in [5, 5.41) is 2.57. The van der Waals surface area contributed by atoms with E-state index in [1.54, 1.807) is 14.0 Å². The van der Waals surface area contributed by atoms with Gasteiger partial charge in [-0.25, -0.2) is 13.1 Å². The van der Waals surface area contributed by atoms with E-state index >= 15 is 0 Å². The molecule has 2 aliphatic carbocycles. The molecule has 0 aromatic carbocycles. The van der Waals surface area contributed by atoms with Crippen LogP contribution in [0.3, 0.4) is 0 Å². The first kappa shape index (κ1) is 12.3. The first-order chi connectivity index (χ1) is 7.54. The minimum Gasteiger partial charge on any atom is -0.318 e. The van der Waals surface area contributed by atoms with Crippen LogP contribution in [-0.4, -0.2) is 33.3 Å². The zero-order valence-corrected chi connectivity index (χ0v) is 10.9. The molecule has 0 saturated heterocycles. The van der Waals surface area contributed by atoms with Crippen LogP contribution in [-0.2, 0) is 10.0 Å². The fourth-order valence-corrected chi connectivity index (χ4v) is 3.57. The molecule has 0 spiro atoms. The van der Waals surface area contributed by atoms with Gasteiger partial charge in [0.15, 0.2) is 0 Å². The second kappa shape index (κ2) is 4.63. The second-order valence-electron chi connectivity index (χ2n) is 5.23. The summed E-state index contributed by atoms with van der Waals surface area (Å²) in [6.45, 7) is 2.27. The van der Waals surface area contributed by atoms with E-state index in [1.807, 2.05) is 0 Å². The quantitative estimate of drug-likeness (QED) is 0.695. The Morgan fingerprint density at radius 2 is 1.69 bits per heavy atom. The summed E-state index contributed by atoms with van der Waals surface area (Å²) in [5.74, 6) is 1.23. The molecule has 5 heteroatoms. The molecule has 1 unspecified atom stereocenters. The smallest absolute Gasteiger partial charge is 0.215 e. The molecule has 4 nitrogen and oxygen atoms in total.